The number of amides is 1. The second-order valence-corrected chi connectivity index (χ2v) is 7.20. The molecule has 1 heterocycles. The van der Waals surface area contributed by atoms with Crippen molar-refractivity contribution in [1.82, 2.24) is 10.4 Å². The van der Waals surface area contributed by atoms with Crippen LogP contribution in [-0.4, -0.2) is 17.1 Å². The summed E-state index contributed by atoms with van der Waals surface area (Å²) in [6.07, 6.45) is 4.66. The van der Waals surface area contributed by atoms with E-state index in [0.29, 0.717) is 30.3 Å². The van der Waals surface area contributed by atoms with Crippen LogP contribution in [0.2, 0.25) is 0 Å². The molecular formula is C27H23N3O3. The molecule has 1 amide bonds. The van der Waals surface area contributed by atoms with Crippen LogP contribution in [0.4, 0.5) is 0 Å². The number of pyridine rings is 1. The van der Waals surface area contributed by atoms with E-state index in [9.17, 15) is 4.79 Å². The van der Waals surface area contributed by atoms with Gasteiger partial charge in [0.05, 0.1) is 11.8 Å². The fourth-order valence-electron chi connectivity index (χ4n) is 3.03. The van der Waals surface area contributed by atoms with Crippen molar-refractivity contribution in [2.24, 2.45) is 5.10 Å². The van der Waals surface area contributed by atoms with Crippen molar-refractivity contribution < 1.29 is 14.3 Å². The Morgan fingerprint density at radius 1 is 0.818 bits per heavy atom. The highest BCUT2D eigenvalue weighted by molar-refractivity contribution is 5.94. The third kappa shape index (κ3) is 6.51. The molecule has 33 heavy (non-hydrogen) atoms. The van der Waals surface area contributed by atoms with Gasteiger partial charge in [0, 0.05) is 12.4 Å². The monoisotopic (exact) mass is 437 g/mol. The summed E-state index contributed by atoms with van der Waals surface area (Å²) in [5.74, 6) is 0.895. The summed E-state index contributed by atoms with van der Waals surface area (Å²) in [6.45, 7) is 0.831. The van der Waals surface area contributed by atoms with Gasteiger partial charge in [-0.3, -0.25) is 9.78 Å². The summed E-state index contributed by atoms with van der Waals surface area (Å²) in [6, 6.07) is 28.8. The number of hydrogen-bond acceptors (Lipinski definition) is 5. The average Bonchev–Trinajstić information content (AvgIpc) is 2.88. The van der Waals surface area contributed by atoms with Gasteiger partial charge in [-0.05, 0) is 47.0 Å². The molecule has 0 unspecified atom stereocenters. The lowest BCUT2D eigenvalue weighted by molar-refractivity contribution is 0.0955. The van der Waals surface area contributed by atoms with E-state index in [1.807, 2.05) is 78.9 Å². The van der Waals surface area contributed by atoms with Crippen molar-refractivity contribution in [3.05, 3.63) is 126 Å². The number of hydrazone groups is 1. The molecule has 4 rings (SSSR count). The predicted octanol–water partition coefficient (Wildman–Crippen LogP) is 5.00. The van der Waals surface area contributed by atoms with E-state index in [4.69, 9.17) is 9.47 Å². The highest BCUT2D eigenvalue weighted by Gasteiger charge is 2.08. The van der Waals surface area contributed by atoms with Crippen LogP contribution in [0.15, 0.2) is 108 Å². The Balaban J connectivity index is 1.47. The van der Waals surface area contributed by atoms with E-state index in [-0.39, 0.29) is 5.91 Å². The molecular weight excluding hydrogens is 414 g/mol. The van der Waals surface area contributed by atoms with E-state index >= 15 is 0 Å². The lowest BCUT2D eigenvalue weighted by Gasteiger charge is -2.14. The van der Waals surface area contributed by atoms with Crippen molar-refractivity contribution >= 4 is 12.1 Å². The van der Waals surface area contributed by atoms with Crippen LogP contribution in [0.25, 0.3) is 0 Å². The molecule has 3 aromatic carbocycles. The van der Waals surface area contributed by atoms with Crippen LogP contribution in [0, 0.1) is 0 Å². The predicted molar refractivity (Wildman–Crippen MR) is 127 cm³/mol. The van der Waals surface area contributed by atoms with Crippen molar-refractivity contribution in [1.29, 1.82) is 0 Å². The zero-order chi connectivity index (χ0) is 22.7. The molecule has 6 heteroatoms. The molecule has 6 nitrogen and oxygen atoms in total. The molecule has 0 bridgehead atoms. The number of hydrogen-bond donors (Lipinski definition) is 1. The third-order valence-electron chi connectivity index (χ3n) is 4.75. The fraction of sp³-hybridized carbons (Fsp3) is 0.0741. The van der Waals surface area contributed by atoms with Gasteiger partial charge in [-0.1, -0.05) is 60.7 Å². The molecule has 4 aromatic rings. The summed E-state index contributed by atoms with van der Waals surface area (Å²) >= 11 is 0. The van der Waals surface area contributed by atoms with Crippen LogP contribution >= 0.6 is 0 Å². The molecule has 0 atom stereocenters. The minimum Gasteiger partial charge on any atom is -0.485 e. The zero-order valence-electron chi connectivity index (χ0n) is 17.9. The number of nitrogens with one attached hydrogen (secondary N) is 1. The third-order valence-corrected chi connectivity index (χ3v) is 4.75. The summed E-state index contributed by atoms with van der Waals surface area (Å²) in [7, 11) is 0. The van der Waals surface area contributed by atoms with Crippen molar-refractivity contribution in [2.75, 3.05) is 0 Å². The van der Waals surface area contributed by atoms with Gasteiger partial charge in [-0.2, -0.15) is 5.10 Å². The summed E-state index contributed by atoms with van der Waals surface area (Å²) < 4.78 is 12.1. The summed E-state index contributed by atoms with van der Waals surface area (Å²) in [5, 5.41) is 4.05. The smallest absolute Gasteiger partial charge is 0.272 e. The van der Waals surface area contributed by atoms with Crippen LogP contribution in [-0.2, 0) is 13.2 Å². The second kappa shape index (κ2) is 11.2. The number of rotatable bonds is 9. The number of benzene rings is 3. The summed E-state index contributed by atoms with van der Waals surface area (Å²) in [5.41, 5.74) is 5.82. The maximum atomic E-state index is 12.1. The SMILES string of the molecule is O=C(NN=Cc1ccc(OCc2ccccc2)c(OCc2ccccc2)c1)c1cccnc1. The van der Waals surface area contributed by atoms with Gasteiger partial charge in [0.15, 0.2) is 11.5 Å². The van der Waals surface area contributed by atoms with E-state index in [1.165, 1.54) is 6.20 Å². The first kappa shape index (κ1) is 21.8. The maximum Gasteiger partial charge on any atom is 0.272 e. The first-order valence-corrected chi connectivity index (χ1v) is 10.5. The normalized spacial score (nSPS) is 10.7. The number of carbonyl (C=O) groups excluding carboxylic acids is 1. The highest BCUT2D eigenvalue weighted by atomic mass is 16.5. The minimum absolute atomic E-state index is 0.331. The molecule has 0 spiro atoms. The van der Waals surface area contributed by atoms with E-state index in [0.717, 1.165) is 16.7 Å². The number of ether oxygens (including phenoxy) is 2. The average molecular weight is 437 g/mol. The fourth-order valence-corrected chi connectivity index (χ4v) is 3.03. The van der Waals surface area contributed by atoms with Gasteiger partial charge in [0.25, 0.3) is 5.91 Å². The molecule has 164 valence electrons. The molecule has 1 aromatic heterocycles. The number of nitrogens with zero attached hydrogens (tertiary/aromatic N) is 2. The van der Waals surface area contributed by atoms with Crippen molar-refractivity contribution in [3.63, 3.8) is 0 Å². The Bertz CT molecular complexity index is 1200. The quantitative estimate of drug-likeness (QED) is 0.295. The molecule has 0 saturated heterocycles. The molecule has 0 aliphatic heterocycles. The highest BCUT2D eigenvalue weighted by Crippen LogP contribution is 2.29. The molecule has 0 aliphatic rings. The first-order chi connectivity index (χ1) is 16.3. The Morgan fingerprint density at radius 3 is 2.12 bits per heavy atom. The Morgan fingerprint density at radius 2 is 1.48 bits per heavy atom. The number of carbonyl (C=O) groups is 1. The van der Waals surface area contributed by atoms with Gasteiger partial charge < -0.3 is 9.47 Å². The molecule has 0 aliphatic carbocycles. The summed E-state index contributed by atoms with van der Waals surface area (Å²) in [4.78, 5) is 16.1. The molecule has 0 saturated carbocycles. The lowest BCUT2D eigenvalue weighted by Crippen LogP contribution is -2.17. The second-order valence-electron chi connectivity index (χ2n) is 7.20. The van der Waals surface area contributed by atoms with Crippen LogP contribution < -0.4 is 14.9 Å². The van der Waals surface area contributed by atoms with E-state index in [1.54, 1.807) is 24.5 Å². The Labute approximate surface area is 192 Å². The topological polar surface area (TPSA) is 72.8 Å². The van der Waals surface area contributed by atoms with Gasteiger partial charge in [-0.25, -0.2) is 5.43 Å². The maximum absolute atomic E-state index is 12.1. The van der Waals surface area contributed by atoms with Gasteiger partial charge in [0.2, 0.25) is 0 Å². The Kier molecular flexibility index (Phi) is 7.42. The van der Waals surface area contributed by atoms with E-state index in [2.05, 4.69) is 15.5 Å². The van der Waals surface area contributed by atoms with Crippen LogP contribution in [0.1, 0.15) is 27.0 Å². The largest absolute Gasteiger partial charge is 0.485 e. The number of aromatic nitrogens is 1. The van der Waals surface area contributed by atoms with Crippen LogP contribution in [0.5, 0.6) is 11.5 Å². The zero-order valence-corrected chi connectivity index (χ0v) is 17.9. The van der Waals surface area contributed by atoms with Crippen LogP contribution in [0.3, 0.4) is 0 Å². The van der Waals surface area contributed by atoms with Gasteiger partial charge in [0.1, 0.15) is 13.2 Å². The molecule has 1 N–H and O–H groups in total. The Hall–Kier alpha value is -4.45. The standard InChI is InChI=1S/C27H23N3O3/c31-27(24-12-7-15-28-18-24)30-29-17-23-13-14-25(32-19-21-8-3-1-4-9-21)26(16-23)33-20-22-10-5-2-6-11-22/h1-18H,19-20H2,(H,30,31). The molecule has 0 fully saturated rings. The molecule has 0 radical (unpaired) electrons. The van der Waals surface area contributed by atoms with Gasteiger partial charge in [-0.15, -0.1) is 0 Å². The first-order valence-electron chi connectivity index (χ1n) is 10.5. The van der Waals surface area contributed by atoms with Crippen molar-refractivity contribution in [2.45, 2.75) is 13.2 Å². The van der Waals surface area contributed by atoms with Crippen molar-refractivity contribution in [3.8, 4) is 11.5 Å². The van der Waals surface area contributed by atoms with E-state index < -0.39 is 0 Å². The van der Waals surface area contributed by atoms with Gasteiger partial charge >= 0.3 is 0 Å². The minimum atomic E-state index is -0.331. The lowest BCUT2D eigenvalue weighted by atomic mass is 10.2.